The first-order chi connectivity index (χ1) is 17.6. The summed E-state index contributed by atoms with van der Waals surface area (Å²) in [7, 11) is 1.43. The Bertz CT molecular complexity index is 1470. The van der Waals surface area contributed by atoms with Crippen molar-refractivity contribution in [3.8, 4) is 5.75 Å². The molecule has 0 N–H and O–H groups in total. The number of carbonyl (C=O) groups is 4. The van der Waals surface area contributed by atoms with Gasteiger partial charge in [-0.25, -0.2) is 5.01 Å². The highest BCUT2D eigenvalue weighted by molar-refractivity contribution is 6.24. The molecule has 0 unspecified atom stereocenters. The van der Waals surface area contributed by atoms with Gasteiger partial charge in [-0.15, -0.1) is 0 Å². The molecule has 0 bridgehead atoms. The molecule has 186 valence electrons. The molecule has 37 heavy (non-hydrogen) atoms. The van der Waals surface area contributed by atoms with Crippen molar-refractivity contribution in [3.63, 3.8) is 0 Å². The highest BCUT2D eigenvalue weighted by atomic mass is 16.6. The van der Waals surface area contributed by atoms with Crippen LogP contribution in [0.25, 0.3) is 0 Å². The number of methoxy groups -OCH3 is 1. The molecule has 0 aliphatic carbocycles. The Balaban J connectivity index is 1.76. The van der Waals surface area contributed by atoms with Gasteiger partial charge in [0.1, 0.15) is 17.9 Å². The number of ether oxygens (including phenoxy) is 1. The molecule has 0 saturated carbocycles. The van der Waals surface area contributed by atoms with Crippen molar-refractivity contribution in [1.82, 2.24) is 10.0 Å². The fourth-order valence-electron chi connectivity index (χ4n) is 3.74. The Kier molecular flexibility index (Phi) is 6.43. The van der Waals surface area contributed by atoms with E-state index in [0.717, 1.165) is 30.3 Å². The molecule has 0 saturated heterocycles. The zero-order valence-electron chi connectivity index (χ0n) is 19.0. The molecule has 3 aromatic carbocycles. The number of nitro groups is 2. The van der Waals surface area contributed by atoms with Crippen LogP contribution in [0, 0.1) is 20.2 Å². The molecule has 1 aliphatic heterocycles. The van der Waals surface area contributed by atoms with Gasteiger partial charge in [-0.3, -0.25) is 39.4 Å². The number of hydrogen-bond donors (Lipinski definition) is 0. The van der Waals surface area contributed by atoms with Crippen LogP contribution in [0.15, 0.2) is 66.7 Å². The molecule has 3 amide bonds. The molecule has 4 rings (SSSR count). The molecule has 0 radical (unpaired) electrons. The molecule has 3 aromatic rings. The number of rotatable bonds is 8. The Labute approximate surface area is 207 Å². The first-order valence-electron chi connectivity index (χ1n) is 10.5. The Morgan fingerprint density at radius 1 is 0.865 bits per heavy atom. The van der Waals surface area contributed by atoms with E-state index < -0.39 is 51.1 Å². The number of non-ortho nitro benzene ring substituents is 1. The monoisotopic (exact) mass is 504 g/mol. The van der Waals surface area contributed by atoms with Gasteiger partial charge in [-0.2, -0.15) is 5.01 Å². The van der Waals surface area contributed by atoms with Crippen LogP contribution in [-0.4, -0.2) is 57.0 Å². The van der Waals surface area contributed by atoms with Crippen molar-refractivity contribution in [2.45, 2.75) is 0 Å². The average Bonchev–Trinajstić information content (AvgIpc) is 3.16. The number of fused-ring (bicyclic) bond motifs is 1. The maximum atomic E-state index is 13.4. The molecule has 1 heterocycles. The number of hydrogen-bond acceptors (Lipinski definition) is 9. The summed E-state index contributed by atoms with van der Waals surface area (Å²) in [4.78, 5) is 73.9. The molecule has 0 fully saturated rings. The molecule has 1 aliphatic rings. The number of nitrogens with zero attached hydrogens (tertiary/aromatic N) is 4. The number of Topliss-reactive ketones (excluding diaryl/α,β-unsaturated/α-hetero) is 1. The molecule has 0 spiro atoms. The number of benzene rings is 3. The largest absolute Gasteiger partial charge is 0.497 e. The number of ketones is 1. The summed E-state index contributed by atoms with van der Waals surface area (Å²) in [6.07, 6.45) is 0. The zero-order chi connectivity index (χ0) is 26.9. The normalized spacial score (nSPS) is 12.2. The van der Waals surface area contributed by atoms with E-state index in [1.165, 1.54) is 43.5 Å². The summed E-state index contributed by atoms with van der Waals surface area (Å²) in [6.45, 7) is -0.790. The molecular formula is C24H16N4O9. The predicted octanol–water partition coefficient (Wildman–Crippen LogP) is 3.05. The van der Waals surface area contributed by atoms with Crippen molar-refractivity contribution in [3.05, 3.63) is 109 Å². The Morgan fingerprint density at radius 3 is 2.05 bits per heavy atom. The lowest BCUT2D eigenvalue weighted by Gasteiger charge is -2.29. The predicted molar refractivity (Wildman–Crippen MR) is 125 cm³/mol. The van der Waals surface area contributed by atoms with Crippen molar-refractivity contribution < 1.29 is 33.8 Å². The minimum Gasteiger partial charge on any atom is -0.497 e. The van der Waals surface area contributed by atoms with Gasteiger partial charge in [0.15, 0.2) is 5.78 Å². The minimum atomic E-state index is -1.16. The van der Waals surface area contributed by atoms with Crippen LogP contribution in [-0.2, 0) is 0 Å². The van der Waals surface area contributed by atoms with Gasteiger partial charge in [-0.05, 0) is 42.5 Å². The van der Waals surface area contributed by atoms with Crippen LogP contribution < -0.4 is 4.74 Å². The second-order valence-electron chi connectivity index (χ2n) is 7.70. The van der Waals surface area contributed by atoms with E-state index in [1.54, 1.807) is 0 Å². The van der Waals surface area contributed by atoms with Gasteiger partial charge in [0.05, 0.1) is 22.5 Å². The van der Waals surface area contributed by atoms with Crippen molar-refractivity contribution in [2.75, 3.05) is 13.7 Å². The number of carbonyl (C=O) groups excluding carboxylic acids is 4. The van der Waals surface area contributed by atoms with Crippen molar-refractivity contribution in [1.29, 1.82) is 0 Å². The molecule has 13 nitrogen and oxygen atoms in total. The number of amides is 3. The minimum absolute atomic E-state index is 0.130. The lowest BCUT2D eigenvalue weighted by atomic mass is 10.1. The van der Waals surface area contributed by atoms with Crippen LogP contribution in [0.1, 0.15) is 41.4 Å². The van der Waals surface area contributed by atoms with E-state index in [4.69, 9.17) is 4.74 Å². The maximum Gasteiger partial charge on any atom is 0.287 e. The Morgan fingerprint density at radius 2 is 1.49 bits per heavy atom. The van der Waals surface area contributed by atoms with Crippen LogP contribution in [0.3, 0.4) is 0 Å². The van der Waals surface area contributed by atoms with Gasteiger partial charge in [0, 0.05) is 29.3 Å². The van der Waals surface area contributed by atoms with Crippen LogP contribution >= 0.6 is 0 Å². The van der Waals surface area contributed by atoms with Crippen LogP contribution in [0.2, 0.25) is 0 Å². The van der Waals surface area contributed by atoms with Gasteiger partial charge in [-0.1, -0.05) is 6.07 Å². The van der Waals surface area contributed by atoms with Gasteiger partial charge >= 0.3 is 0 Å². The fourth-order valence-corrected chi connectivity index (χ4v) is 3.74. The van der Waals surface area contributed by atoms with Crippen molar-refractivity contribution >= 4 is 34.9 Å². The summed E-state index contributed by atoms with van der Waals surface area (Å²) < 4.78 is 5.05. The second kappa shape index (κ2) is 9.65. The first-order valence-corrected chi connectivity index (χ1v) is 10.5. The summed E-state index contributed by atoms with van der Waals surface area (Å²) in [5.74, 6) is -3.41. The quantitative estimate of drug-likeness (QED) is 0.193. The number of hydrazine groups is 1. The third kappa shape index (κ3) is 4.48. The summed E-state index contributed by atoms with van der Waals surface area (Å²) in [5.41, 5.74) is -1.81. The van der Waals surface area contributed by atoms with E-state index in [2.05, 4.69) is 0 Å². The average molecular weight is 504 g/mol. The van der Waals surface area contributed by atoms with E-state index >= 15 is 0 Å². The van der Waals surface area contributed by atoms with E-state index in [0.29, 0.717) is 15.8 Å². The number of nitro benzene ring substituents is 2. The molecular weight excluding hydrogens is 488 g/mol. The Hall–Kier alpha value is -5.46. The van der Waals surface area contributed by atoms with E-state index in [1.807, 2.05) is 0 Å². The third-order valence-electron chi connectivity index (χ3n) is 5.57. The smallest absolute Gasteiger partial charge is 0.287 e. The number of imide groups is 1. The lowest BCUT2D eigenvalue weighted by molar-refractivity contribution is -0.385. The molecule has 0 atom stereocenters. The standard InChI is InChI=1S/C24H16N4O9/c1-37-17-11-7-14(8-12-17)20(29)13-25(22(30)15-5-9-16(10-6-15)27(33)34)26-23(31)18-3-2-4-19(28(35)36)21(18)24(26)32/h2-12H,13H2,1H3. The lowest BCUT2D eigenvalue weighted by Crippen LogP contribution is -2.51. The topological polar surface area (TPSA) is 170 Å². The van der Waals surface area contributed by atoms with Crippen LogP contribution in [0.5, 0.6) is 5.75 Å². The fraction of sp³-hybridized carbons (Fsp3) is 0.0833. The van der Waals surface area contributed by atoms with Gasteiger partial charge in [0.25, 0.3) is 29.1 Å². The summed E-state index contributed by atoms with van der Waals surface area (Å²) >= 11 is 0. The molecule has 13 heteroatoms. The summed E-state index contributed by atoms with van der Waals surface area (Å²) in [6, 6.07) is 13.6. The second-order valence-corrected chi connectivity index (χ2v) is 7.70. The highest BCUT2D eigenvalue weighted by Gasteiger charge is 2.46. The zero-order valence-corrected chi connectivity index (χ0v) is 19.0. The summed E-state index contributed by atoms with van der Waals surface area (Å²) in [5, 5.41) is 23.4. The maximum absolute atomic E-state index is 13.4. The van der Waals surface area contributed by atoms with E-state index in [9.17, 15) is 39.4 Å². The third-order valence-corrected chi connectivity index (χ3v) is 5.57. The SMILES string of the molecule is COc1ccc(C(=O)CN(C(=O)c2ccc([N+](=O)[O-])cc2)N2C(=O)c3cccc([N+](=O)[O-])c3C2=O)cc1. The van der Waals surface area contributed by atoms with Crippen molar-refractivity contribution in [2.24, 2.45) is 0 Å². The molecule has 0 aromatic heterocycles. The van der Waals surface area contributed by atoms with Crippen LogP contribution in [0.4, 0.5) is 11.4 Å². The van der Waals surface area contributed by atoms with E-state index in [-0.39, 0.29) is 22.4 Å². The highest BCUT2D eigenvalue weighted by Crippen LogP contribution is 2.32. The first kappa shape index (κ1) is 24.7. The van der Waals surface area contributed by atoms with Gasteiger partial charge < -0.3 is 4.74 Å². The van der Waals surface area contributed by atoms with Gasteiger partial charge in [0.2, 0.25) is 0 Å².